The normalized spacial score (nSPS) is 10.0. The van der Waals surface area contributed by atoms with Crippen LogP contribution >= 0.6 is 23.2 Å². The van der Waals surface area contributed by atoms with E-state index >= 15 is 0 Å². The minimum Gasteiger partial charge on any atom is -0.465 e. The zero-order valence-electron chi connectivity index (χ0n) is 11.0. The van der Waals surface area contributed by atoms with Crippen molar-refractivity contribution in [2.75, 3.05) is 12.4 Å². The van der Waals surface area contributed by atoms with Gasteiger partial charge in [0.1, 0.15) is 0 Å². The van der Waals surface area contributed by atoms with Crippen LogP contribution in [0.4, 0.5) is 5.69 Å². The van der Waals surface area contributed by atoms with Gasteiger partial charge in [-0.15, -0.1) is 0 Å². The van der Waals surface area contributed by atoms with Crippen molar-refractivity contribution >= 4 is 40.8 Å². The van der Waals surface area contributed by atoms with Crippen LogP contribution in [-0.4, -0.2) is 19.0 Å². The molecule has 0 radical (unpaired) electrons. The third-order valence-corrected chi connectivity index (χ3v) is 3.49. The second-order valence-electron chi connectivity index (χ2n) is 4.12. The summed E-state index contributed by atoms with van der Waals surface area (Å²) in [6.07, 6.45) is 0. The van der Waals surface area contributed by atoms with Gasteiger partial charge in [-0.3, -0.25) is 4.79 Å². The van der Waals surface area contributed by atoms with Crippen molar-refractivity contribution in [1.82, 2.24) is 0 Å². The molecule has 0 aromatic heterocycles. The highest BCUT2D eigenvalue weighted by Crippen LogP contribution is 2.25. The lowest BCUT2D eigenvalue weighted by Crippen LogP contribution is -2.17. The Morgan fingerprint density at radius 1 is 1.00 bits per heavy atom. The second kappa shape index (κ2) is 6.61. The van der Waals surface area contributed by atoms with Gasteiger partial charge in [0.2, 0.25) is 0 Å². The molecule has 0 spiro atoms. The van der Waals surface area contributed by atoms with Gasteiger partial charge in [0.15, 0.2) is 0 Å². The summed E-state index contributed by atoms with van der Waals surface area (Å²) >= 11 is 11.7. The number of hydrogen-bond acceptors (Lipinski definition) is 3. The maximum Gasteiger partial charge on any atom is 0.338 e. The van der Waals surface area contributed by atoms with E-state index in [1.165, 1.54) is 19.2 Å². The predicted octanol–water partition coefficient (Wildman–Crippen LogP) is 4.03. The van der Waals surface area contributed by atoms with Gasteiger partial charge in [0, 0.05) is 5.69 Å². The number of halogens is 2. The molecule has 4 nitrogen and oxygen atoms in total. The lowest BCUT2D eigenvalue weighted by Gasteiger charge is -2.09. The zero-order valence-corrected chi connectivity index (χ0v) is 12.5. The van der Waals surface area contributed by atoms with Crippen molar-refractivity contribution in [2.45, 2.75) is 0 Å². The number of rotatable bonds is 3. The van der Waals surface area contributed by atoms with Crippen LogP contribution in [0.25, 0.3) is 0 Å². The third-order valence-electron chi connectivity index (χ3n) is 2.75. The number of esters is 1. The summed E-state index contributed by atoms with van der Waals surface area (Å²) in [7, 11) is 1.26. The monoisotopic (exact) mass is 323 g/mol. The average Bonchev–Trinajstić information content (AvgIpc) is 2.50. The Hall–Kier alpha value is -2.04. The number of carbonyl (C=O) groups is 2. The van der Waals surface area contributed by atoms with Crippen LogP contribution in [0, 0.1) is 0 Å². The van der Waals surface area contributed by atoms with Gasteiger partial charge in [-0.2, -0.15) is 0 Å². The molecule has 108 valence electrons. The van der Waals surface area contributed by atoms with Crippen LogP contribution in [0.15, 0.2) is 42.5 Å². The topological polar surface area (TPSA) is 55.4 Å². The van der Waals surface area contributed by atoms with E-state index in [0.717, 1.165) is 0 Å². The molecule has 0 aliphatic rings. The summed E-state index contributed by atoms with van der Waals surface area (Å²) in [6, 6.07) is 11.1. The fourth-order valence-corrected chi connectivity index (χ4v) is 2.04. The number of ether oxygens (including phenoxy) is 1. The standard InChI is InChI=1S/C15H11Cl2NO3/c1-21-15(20)11-5-3-2-4-10(11)14(19)18-9-6-7-12(16)13(17)8-9/h2-8H,1H3,(H,18,19). The van der Waals surface area contributed by atoms with Gasteiger partial charge in [0.25, 0.3) is 5.91 Å². The average molecular weight is 324 g/mol. The Balaban J connectivity index is 2.28. The zero-order chi connectivity index (χ0) is 15.4. The molecule has 0 saturated carbocycles. The van der Waals surface area contributed by atoms with Crippen molar-refractivity contribution in [3.05, 3.63) is 63.6 Å². The Morgan fingerprint density at radius 3 is 2.29 bits per heavy atom. The van der Waals surface area contributed by atoms with Gasteiger partial charge in [0.05, 0.1) is 28.3 Å². The molecule has 0 unspecified atom stereocenters. The number of amides is 1. The smallest absolute Gasteiger partial charge is 0.338 e. The summed E-state index contributed by atoms with van der Waals surface area (Å²) in [5, 5.41) is 3.38. The molecular formula is C15H11Cl2NO3. The number of anilines is 1. The molecule has 0 saturated heterocycles. The van der Waals surface area contributed by atoms with E-state index in [0.29, 0.717) is 15.7 Å². The molecule has 2 aromatic carbocycles. The van der Waals surface area contributed by atoms with E-state index in [1.807, 2.05) is 0 Å². The highest BCUT2D eigenvalue weighted by molar-refractivity contribution is 6.42. The first-order valence-corrected chi connectivity index (χ1v) is 6.72. The summed E-state index contributed by atoms with van der Waals surface area (Å²) in [4.78, 5) is 23.9. The van der Waals surface area contributed by atoms with Crippen LogP contribution < -0.4 is 5.32 Å². The Kier molecular flexibility index (Phi) is 4.83. The number of carbonyl (C=O) groups excluding carboxylic acids is 2. The number of methoxy groups -OCH3 is 1. The van der Waals surface area contributed by atoms with Crippen molar-refractivity contribution in [2.24, 2.45) is 0 Å². The van der Waals surface area contributed by atoms with Crippen LogP contribution in [0.5, 0.6) is 0 Å². The first-order chi connectivity index (χ1) is 10.0. The molecule has 0 fully saturated rings. The first kappa shape index (κ1) is 15.4. The van der Waals surface area contributed by atoms with Crippen LogP contribution in [0.2, 0.25) is 10.0 Å². The van der Waals surface area contributed by atoms with Crippen LogP contribution in [-0.2, 0) is 4.74 Å². The molecule has 1 amide bonds. The molecule has 6 heteroatoms. The Morgan fingerprint density at radius 2 is 1.67 bits per heavy atom. The lowest BCUT2D eigenvalue weighted by atomic mass is 10.1. The summed E-state index contributed by atoms with van der Waals surface area (Å²) < 4.78 is 4.65. The summed E-state index contributed by atoms with van der Waals surface area (Å²) in [6.45, 7) is 0. The fourth-order valence-electron chi connectivity index (χ4n) is 1.74. The summed E-state index contributed by atoms with van der Waals surface area (Å²) in [5.41, 5.74) is 0.891. The van der Waals surface area contributed by atoms with E-state index in [9.17, 15) is 9.59 Å². The molecule has 0 aliphatic heterocycles. The predicted molar refractivity (Wildman–Crippen MR) is 82.2 cm³/mol. The molecule has 2 aromatic rings. The van der Waals surface area contributed by atoms with E-state index in [2.05, 4.69) is 10.1 Å². The van der Waals surface area contributed by atoms with E-state index in [-0.39, 0.29) is 11.1 Å². The van der Waals surface area contributed by atoms with E-state index in [4.69, 9.17) is 23.2 Å². The molecular weight excluding hydrogens is 313 g/mol. The highest BCUT2D eigenvalue weighted by atomic mass is 35.5. The molecule has 0 atom stereocenters. The van der Waals surface area contributed by atoms with Crippen molar-refractivity contribution < 1.29 is 14.3 Å². The summed E-state index contributed by atoms with van der Waals surface area (Å²) in [5.74, 6) is -1.01. The van der Waals surface area contributed by atoms with Gasteiger partial charge in [-0.25, -0.2) is 4.79 Å². The van der Waals surface area contributed by atoms with Crippen molar-refractivity contribution in [3.63, 3.8) is 0 Å². The molecule has 1 N–H and O–H groups in total. The third kappa shape index (κ3) is 3.54. The maximum atomic E-state index is 12.3. The van der Waals surface area contributed by atoms with Gasteiger partial charge < -0.3 is 10.1 Å². The Labute approximate surface area is 131 Å². The second-order valence-corrected chi connectivity index (χ2v) is 4.93. The quantitative estimate of drug-likeness (QED) is 0.867. The number of nitrogens with one attached hydrogen (secondary N) is 1. The maximum absolute atomic E-state index is 12.3. The highest BCUT2D eigenvalue weighted by Gasteiger charge is 2.17. The number of hydrogen-bond donors (Lipinski definition) is 1. The van der Waals surface area contributed by atoms with Crippen molar-refractivity contribution in [1.29, 1.82) is 0 Å². The largest absolute Gasteiger partial charge is 0.465 e. The molecule has 0 bridgehead atoms. The fraction of sp³-hybridized carbons (Fsp3) is 0.0667. The molecule has 0 aliphatic carbocycles. The van der Waals surface area contributed by atoms with Gasteiger partial charge in [-0.1, -0.05) is 35.3 Å². The Bertz CT molecular complexity index is 701. The minimum atomic E-state index is -0.574. The van der Waals surface area contributed by atoms with Crippen molar-refractivity contribution in [3.8, 4) is 0 Å². The lowest BCUT2D eigenvalue weighted by molar-refractivity contribution is 0.0597. The van der Waals surface area contributed by atoms with Crippen LogP contribution in [0.1, 0.15) is 20.7 Å². The SMILES string of the molecule is COC(=O)c1ccccc1C(=O)Nc1ccc(Cl)c(Cl)c1. The first-order valence-electron chi connectivity index (χ1n) is 5.96. The van der Waals surface area contributed by atoms with E-state index in [1.54, 1.807) is 30.3 Å². The van der Waals surface area contributed by atoms with Crippen LogP contribution in [0.3, 0.4) is 0 Å². The number of benzene rings is 2. The molecule has 2 rings (SSSR count). The minimum absolute atomic E-state index is 0.192. The van der Waals surface area contributed by atoms with E-state index < -0.39 is 11.9 Å². The van der Waals surface area contributed by atoms with Gasteiger partial charge >= 0.3 is 5.97 Å². The molecule has 0 heterocycles. The van der Waals surface area contributed by atoms with Gasteiger partial charge in [-0.05, 0) is 30.3 Å². The molecule has 21 heavy (non-hydrogen) atoms.